The molecule has 2 heterocycles. The lowest BCUT2D eigenvalue weighted by atomic mass is 9.76. The second-order valence-electron chi connectivity index (χ2n) is 13.1. The molecule has 3 unspecified atom stereocenters. The number of hydrogen-bond acceptors (Lipinski definition) is 3. The predicted octanol–water partition coefficient (Wildman–Crippen LogP) is 7.99. The lowest BCUT2D eigenvalue weighted by molar-refractivity contribution is -0.125. The first-order chi connectivity index (χ1) is 21.4. The number of amides is 2. The van der Waals surface area contributed by atoms with Gasteiger partial charge in [-0.2, -0.15) is 0 Å². The van der Waals surface area contributed by atoms with E-state index in [-0.39, 0.29) is 29.3 Å². The van der Waals surface area contributed by atoms with Crippen molar-refractivity contribution in [2.24, 2.45) is 18.9 Å². The van der Waals surface area contributed by atoms with Crippen LogP contribution in [0.2, 0.25) is 0 Å². The van der Waals surface area contributed by atoms with Crippen LogP contribution < -0.4 is 10.6 Å². The Balaban J connectivity index is 1.27. The predicted molar refractivity (Wildman–Crippen MR) is 173 cm³/mol. The Kier molecular flexibility index (Phi) is 7.65. The number of hydrogen-bond donors (Lipinski definition) is 2. The van der Waals surface area contributed by atoms with Gasteiger partial charge in [0.15, 0.2) is 0 Å². The average Bonchev–Trinajstić information content (AvgIpc) is 3.78. The lowest BCUT2D eigenvalue weighted by Crippen LogP contribution is -2.54. The standard InChI is InChI=1S/C37H41FN4O2/c1-23-7-5-11-31(38)34(23)37(44)42-33-12-6-8-25(33)22-30(36(43)40-29-17-18-32-26(21-29)19-20-41(32)2)35(42)24-13-15-28(16-14-24)39-27-9-3-4-10-27/h5,7,11,13-21,25,27,30,33,35,39H,3-4,6,8-10,12,22H2,1-2H3,(H,40,43)/t25?,30?,33?,35-/m0/s1. The van der Waals surface area contributed by atoms with Gasteiger partial charge in [0.1, 0.15) is 5.82 Å². The summed E-state index contributed by atoms with van der Waals surface area (Å²) in [4.78, 5) is 30.6. The first-order valence-electron chi connectivity index (χ1n) is 16.2. The maximum absolute atomic E-state index is 15.3. The molecule has 3 aliphatic rings. The topological polar surface area (TPSA) is 66.4 Å². The molecule has 0 radical (unpaired) electrons. The summed E-state index contributed by atoms with van der Waals surface area (Å²) in [6, 6.07) is 21.0. The number of piperidine rings is 1. The van der Waals surface area contributed by atoms with Gasteiger partial charge in [0.25, 0.3) is 5.91 Å². The largest absolute Gasteiger partial charge is 0.382 e. The Bertz CT molecular complexity index is 1670. The molecule has 7 rings (SSSR count). The highest BCUT2D eigenvalue weighted by Gasteiger charge is 2.50. The Morgan fingerprint density at radius 1 is 0.886 bits per heavy atom. The number of nitrogens with one attached hydrogen (secondary N) is 2. The zero-order chi connectivity index (χ0) is 30.4. The molecular weight excluding hydrogens is 551 g/mol. The number of aryl methyl sites for hydroxylation is 2. The molecule has 2 saturated carbocycles. The lowest BCUT2D eigenvalue weighted by Gasteiger charge is -2.48. The van der Waals surface area contributed by atoms with E-state index in [1.165, 1.54) is 31.7 Å². The molecule has 44 heavy (non-hydrogen) atoms. The van der Waals surface area contributed by atoms with Crippen molar-refractivity contribution in [1.29, 1.82) is 0 Å². The number of anilines is 2. The second kappa shape index (κ2) is 11.8. The fourth-order valence-electron chi connectivity index (χ4n) is 8.14. The highest BCUT2D eigenvalue weighted by Crippen LogP contribution is 2.49. The number of rotatable bonds is 6. The third-order valence-electron chi connectivity index (χ3n) is 10.4. The fraction of sp³-hybridized carbons (Fsp3) is 0.405. The second-order valence-corrected chi connectivity index (χ2v) is 13.1. The number of nitrogens with zero attached hydrogens (tertiary/aromatic N) is 2. The van der Waals surface area contributed by atoms with Crippen LogP contribution in [0.15, 0.2) is 72.9 Å². The summed E-state index contributed by atoms with van der Waals surface area (Å²) >= 11 is 0. The average molecular weight is 593 g/mol. The van der Waals surface area contributed by atoms with Crippen molar-refractivity contribution < 1.29 is 14.0 Å². The third-order valence-corrected chi connectivity index (χ3v) is 10.4. The summed E-state index contributed by atoms with van der Waals surface area (Å²) in [6.45, 7) is 1.79. The van der Waals surface area contributed by atoms with Crippen molar-refractivity contribution in [3.05, 3.63) is 95.4 Å². The van der Waals surface area contributed by atoms with Crippen molar-refractivity contribution in [3.8, 4) is 0 Å². The van der Waals surface area contributed by atoms with Crippen molar-refractivity contribution in [1.82, 2.24) is 9.47 Å². The zero-order valence-electron chi connectivity index (χ0n) is 25.6. The zero-order valence-corrected chi connectivity index (χ0v) is 25.6. The van der Waals surface area contributed by atoms with Gasteiger partial charge in [-0.3, -0.25) is 9.59 Å². The van der Waals surface area contributed by atoms with Crippen molar-refractivity contribution in [2.45, 2.75) is 76.4 Å². The summed E-state index contributed by atoms with van der Waals surface area (Å²) in [5.74, 6) is -1.23. The number of halogens is 1. The van der Waals surface area contributed by atoms with E-state index in [0.29, 0.717) is 18.0 Å². The Morgan fingerprint density at radius 3 is 2.43 bits per heavy atom. The van der Waals surface area contributed by atoms with Crippen molar-refractivity contribution >= 4 is 34.1 Å². The van der Waals surface area contributed by atoms with Crippen molar-refractivity contribution in [2.75, 3.05) is 10.6 Å². The van der Waals surface area contributed by atoms with Crippen molar-refractivity contribution in [3.63, 3.8) is 0 Å². The Hall–Kier alpha value is -4.13. The van der Waals surface area contributed by atoms with Gasteiger partial charge in [0.05, 0.1) is 17.5 Å². The van der Waals surface area contributed by atoms with Gasteiger partial charge in [-0.05, 0) is 98.5 Å². The van der Waals surface area contributed by atoms with E-state index in [1.807, 2.05) is 42.4 Å². The molecule has 2 N–H and O–H groups in total. The molecule has 0 spiro atoms. The van der Waals surface area contributed by atoms with Gasteiger partial charge in [-0.15, -0.1) is 0 Å². The van der Waals surface area contributed by atoms with E-state index in [9.17, 15) is 9.59 Å². The monoisotopic (exact) mass is 592 g/mol. The Morgan fingerprint density at radius 2 is 1.66 bits per heavy atom. The number of benzene rings is 3. The van der Waals surface area contributed by atoms with Crippen LogP contribution in [-0.4, -0.2) is 33.4 Å². The summed E-state index contributed by atoms with van der Waals surface area (Å²) in [6.07, 6.45) is 10.4. The van der Waals surface area contributed by atoms with Gasteiger partial charge in [0.2, 0.25) is 5.91 Å². The first kappa shape index (κ1) is 28.6. The maximum Gasteiger partial charge on any atom is 0.257 e. The van der Waals surface area contributed by atoms with E-state index in [0.717, 1.165) is 47.1 Å². The molecule has 1 saturated heterocycles. The fourth-order valence-corrected chi connectivity index (χ4v) is 8.14. The van der Waals surface area contributed by atoms with Gasteiger partial charge in [0, 0.05) is 47.6 Å². The van der Waals surface area contributed by atoms with Gasteiger partial charge in [-0.25, -0.2) is 4.39 Å². The summed E-state index contributed by atoms with van der Waals surface area (Å²) in [5, 5.41) is 7.91. The molecule has 1 aromatic heterocycles. The normalized spacial score (nSPS) is 23.6. The van der Waals surface area contributed by atoms with E-state index in [4.69, 9.17) is 0 Å². The minimum atomic E-state index is -0.512. The molecule has 3 aromatic carbocycles. The minimum absolute atomic E-state index is 0.0347. The van der Waals surface area contributed by atoms with Gasteiger partial charge < -0.3 is 20.1 Å². The van der Waals surface area contributed by atoms with E-state index >= 15 is 4.39 Å². The summed E-state index contributed by atoms with van der Waals surface area (Å²) in [7, 11) is 2.00. The highest BCUT2D eigenvalue weighted by molar-refractivity contribution is 5.99. The number of aromatic nitrogens is 1. The number of fused-ring (bicyclic) bond motifs is 2. The van der Waals surface area contributed by atoms with Crippen LogP contribution >= 0.6 is 0 Å². The molecule has 228 valence electrons. The third kappa shape index (κ3) is 5.27. The molecule has 7 heteroatoms. The molecule has 0 bridgehead atoms. The molecule has 2 aliphatic carbocycles. The molecular formula is C37H41FN4O2. The number of likely N-dealkylation sites (tertiary alicyclic amines) is 1. The molecule has 4 atom stereocenters. The van der Waals surface area contributed by atoms with Crippen LogP contribution in [-0.2, 0) is 11.8 Å². The summed E-state index contributed by atoms with van der Waals surface area (Å²) in [5.41, 5.74) is 4.51. The molecule has 2 amide bonds. The SMILES string of the molecule is Cc1cccc(F)c1C(=O)N1C2CCCC2CC(C(=O)Nc2ccc3c(ccn3C)c2)[C@@H]1c1ccc(NC2CCCC2)cc1. The van der Waals surface area contributed by atoms with E-state index < -0.39 is 17.8 Å². The van der Waals surface area contributed by atoms with Gasteiger partial charge >= 0.3 is 0 Å². The van der Waals surface area contributed by atoms with Crippen LogP contribution in [0.1, 0.15) is 78.9 Å². The Labute approximate surface area is 258 Å². The summed E-state index contributed by atoms with van der Waals surface area (Å²) < 4.78 is 17.4. The first-order valence-corrected chi connectivity index (χ1v) is 16.2. The smallest absolute Gasteiger partial charge is 0.257 e. The molecule has 4 aromatic rings. The quantitative estimate of drug-likeness (QED) is 0.239. The van der Waals surface area contributed by atoms with Crippen LogP contribution in [0, 0.1) is 24.6 Å². The van der Waals surface area contributed by atoms with Crippen LogP contribution in [0.3, 0.4) is 0 Å². The molecule has 6 nitrogen and oxygen atoms in total. The highest BCUT2D eigenvalue weighted by atomic mass is 19.1. The number of carbonyl (C=O) groups excluding carboxylic acids is 2. The molecule has 3 fully saturated rings. The van der Waals surface area contributed by atoms with E-state index in [2.05, 4.69) is 39.5 Å². The van der Waals surface area contributed by atoms with Crippen LogP contribution in [0.25, 0.3) is 10.9 Å². The van der Waals surface area contributed by atoms with Crippen LogP contribution in [0.5, 0.6) is 0 Å². The van der Waals surface area contributed by atoms with Crippen LogP contribution in [0.4, 0.5) is 15.8 Å². The van der Waals surface area contributed by atoms with Gasteiger partial charge in [-0.1, -0.05) is 43.5 Å². The minimum Gasteiger partial charge on any atom is -0.382 e. The molecule has 1 aliphatic heterocycles. The number of carbonyl (C=O) groups is 2. The van der Waals surface area contributed by atoms with E-state index in [1.54, 1.807) is 19.1 Å². The maximum atomic E-state index is 15.3.